The van der Waals surface area contributed by atoms with Gasteiger partial charge in [0, 0.05) is 19.3 Å². The van der Waals surface area contributed by atoms with E-state index in [0.29, 0.717) is 19.3 Å². The number of rotatable bonds is 54. The Labute approximate surface area is 456 Å². The molecule has 0 aromatic carbocycles. The summed E-state index contributed by atoms with van der Waals surface area (Å²) in [5, 5.41) is 0. The van der Waals surface area contributed by atoms with Crippen LogP contribution in [0.4, 0.5) is 0 Å². The zero-order valence-electron chi connectivity index (χ0n) is 48.1. The minimum absolute atomic E-state index is 0.107. The van der Waals surface area contributed by atoms with Gasteiger partial charge < -0.3 is 14.2 Å². The van der Waals surface area contributed by atoms with Gasteiger partial charge >= 0.3 is 17.9 Å². The number of carbonyl (C=O) groups excluding carboxylic acids is 3. The average Bonchev–Trinajstić information content (AvgIpc) is 3.40. The third-order valence-corrected chi connectivity index (χ3v) is 12.7. The average molecular weight is 1030 g/mol. The lowest BCUT2D eigenvalue weighted by atomic mass is 10.1. The van der Waals surface area contributed by atoms with Crippen molar-refractivity contribution in [2.75, 3.05) is 13.2 Å². The molecule has 0 bridgehead atoms. The number of esters is 3. The molecule has 420 valence electrons. The molecular formula is C68H112O6. The molecule has 0 aliphatic rings. The van der Waals surface area contributed by atoms with E-state index in [9.17, 15) is 14.4 Å². The van der Waals surface area contributed by atoms with E-state index in [-0.39, 0.29) is 37.5 Å². The maximum Gasteiger partial charge on any atom is 0.306 e. The Morgan fingerprint density at radius 3 is 0.919 bits per heavy atom. The Kier molecular flexibility index (Phi) is 57.9. The van der Waals surface area contributed by atoms with Crippen LogP contribution in [0.2, 0.25) is 0 Å². The van der Waals surface area contributed by atoms with E-state index < -0.39 is 6.10 Å². The molecule has 6 heteroatoms. The van der Waals surface area contributed by atoms with Crippen LogP contribution in [-0.2, 0) is 28.6 Å². The fraction of sp³-hybridized carbons (Fsp3) is 0.662. The Morgan fingerprint density at radius 2 is 0.541 bits per heavy atom. The second-order valence-corrected chi connectivity index (χ2v) is 19.9. The monoisotopic (exact) mass is 1020 g/mol. The van der Waals surface area contributed by atoms with Crippen LogP contribution >= 0.6 is 0 Å². The highest BCUT2D eigenvalue weighted by Crippen LogP contribution is 2.14. The molecule has 74 heavy (non-hydrogen) atoms. The Morgan fingerprint density at radius 1 is 0.284 bits per heavy atom. The van der Waals surface area contributed by atoms with Crippen LogP contribution < -0.4 is 0 Å². The van der Waals surface area contributed by atoms with Crippen molar-refractivity contribution in [3.05, 3.63) is 122 Å². The number of hydrogen-bond acceptors (Lipinski definition) is 6. The topological polar surface area (TPSA) is 78.9 Å². The van der Waals surface area contributed by atoms with Crippen LogP contribution in [-0.4, -0.2) is 37.2 Å². The third-order valence-electron chi connectivity index (χ3n) is 12.7. The first kappa shape index (κ1) is 69.8. The minimum Gasteiger partial charge on any atom is -0.462 e. The van der Waals surface area contributed by atoms with Gasteiger partial charge in [-0.15, -0.1) is 0 Å². The first-order valence-electron chi connectivity index (χ1n) is 30.5. The molecule has 0 aliphatic carbocycles. The lowest BCUT2D eigenvalue weighted by molar-refractivity contribution is -0.167. The highest BCUT2D eigenvalue weighted by molar-refractivity contribution is 5.71. The lowest BCUT2D eigenvalue weighted by Gasteiger charge is -2.18. The lowest BCUT2D eigenvalue weighted by Crippen LogP contribution is -2.30. The van der Waals surface area contributed by atoms with E-state index in [2.05, 4.69) is 142 Å². The van der Waals surface area contributed by atoms with Crippen LogP contribution in [0.3, 0.4) is 0 Å². The summed E-state index contributed by atoms with van der Waals surface area (Å²) < 4.78 is 16.8. The van der Waals surface area contributed by atoms with E-state index >= 15 is 0 Å². The molecular weight excluding hydrogens is 913 g/mol. The van der Waals surface area contributed by atoms with Gasteiger partial charge in [-0.2, -0.15) is 0 Å². The highest BCUT2D eigenvalue weighted by Gasteiger charge is 2.19. The van der Waals surface area contributed by atoms with Gasteiger partial charge in [0.2, 0.25) is 0 Å². The smallest absolute Gasteiger partial charge is 0.306 e. The molecule has 0 N–H and O–H groups in total. The molecule has 6 nitrogen and oxygen atoms in total. The molecule has 0 aromatic rings. The molecule has 1 atom stereocenters. The molecule has 0 fully saturated rings. The van der Waals surface area contributed by atoms with Gasteiger partial charge in [-0.3, -0.25) is 14.4 Å². The molecule has 0 rings (SSSR count). The Bertz CT molecular complexity index is 1550. The summed E-state index contributed by atoms with van der Waals surface area (Å²) in [7, 11) is 0. The minimum atomic E-state index is -0.814. The van der Waals surface area contributed by atoms with Crippen molar-refractivity contribution < 1.29 is 28.6 Å². The van der Waals surface area contributed by atoms with Crippen molar-refractivity contribution in [3.63, 3.8) is 0 Å². The summed E-state index contributed by atoms with van der Waals surface area (Å²) in [5.74, 6) is -0.984. The van der Waals surface area contributed by atoms with Crippen molar-refractivity contribution in [1.29, 1.82) is 0 Å². The zero-order chi connectivity index (χ0) is 53.6. The number of hydrogen-bond donors (Lipinski definition) is 0. The molecule has 0 radical (unpaired) electrons. The van der Waals surface area contributed by atoms with Crippen LogP contribution in [0.5, 0.6) is 0 Å². The standard InChI is InChI=1S/C68H112O6/c1-4-7-10-13-16-19-22-25-28-30-32-33-34-35-36-38-40-43-46-49-52-55-58-61-67(70)73-64-65(63-72-66(69)60-57-54-51-48-45-42-39-27-24-21-18-15-12-9-6-3)74-68(71)62-59-56-53-50-47-44-41-37-31-29-26-23-20-17-14-11-8-5-2/h7,10,16,18-19,21,25,27-29,31-33,35-36,39-40,43,49,52,65H,4-6,8-9,11-15,17,20,22-24,26,30,34,37-38,41-42,44-48,50-51,53-64H2,1-3H3/b10-7-,19-16-,21-18-,28-25-,31-29-,33-32-,36-35-,39-27-,43-40-,52-49-. The number of ether oxygens (including phenoxy) is 3. The largest absolute Gasteiger partial charge is 0.462 e. The molecule has 0 saturated heterocycles. The van der Waals surface area contributed by atoms with Gasteiger partial charge in [-0.25, -0.2) is 0 Å². The van der Waals surface area contributed by atoms with E-state index in [0.717, 1.165) is 116 Å². The fourth-order valence-corrected chi connectivity index (χ4v) is 8.10. The Hall–Kier alpha value is -4.19. The van der Waals surface area contributed by atoms with Crippen LogP contribution in [0, 0.1) is 0 Å². The molecule has 0 spiro atoms. The maximum absolute atomic E-state index is 12.9. The van der Waals surface area contributed by atoms with Crippen molar-refractivity contribution in [2.24, 2.45) is 0 Å². The first-order valence-corrected chi connectivity index (χ1v) is 30.5. The summed E-state index contributed by atoms with van der Waals surface area (Å²) in [6.07, 6.45) is 84.8. The predicted molar refractivity (Wildman–Crippen MR) is 320 cm³/mol. The summed E-state index contributed by atoms with van der Waals surface area (Å²) >= 11 is 0. The van der Waals surface area contributed by atoms with Gasteiger partial charge in [0.1, 0.15) is 13.2 Å². The number of allylic oxidation sites excluding steroid dienone is 20. The fourth-order valence-electron chi connectivity index (χ4n) is 8.10. The van der Waals surface area contributed by atoms with Gasteiger partial charge in [0.05, 0.1) is 0 Å². The van der Waals surface area contributed by atoms with E-state index in [4.69, 9.17) is 14.2 Å². The van der Waals surface area contributed by atoms with Gasteiger partial charge in [0.15, 0.2) is 6.10 Å². The molecule has 0 amide bonds. The van der Waals surface area contributed by atoms with Gasteiger partial charge in [-0.1, -0.05) is 245 Å². The maximum atomic E-state index is 12.9. The first-order chi connectivity index (χ1) is 36.5. The quantitative estimate of drug-likeness (QED) is 0.0261. The summed E-state index contributed by atoms with van der Waals surface area (Å²) in [6, 6.07) is 0. The molecule has 0 aliphatic heterocycles. The van der Waals surface area contributed by atoms with Crippen LogP contribution in [0.25, 0.3) is 0 Å². The molecule has 0 saturated carbocycles. The highest BCUT2D eigenvalue weighted by atomic mass is 16.6. The van der Waals surface area contributed by atoms with Crippen LogP contribution in [0.15, 0.2) is 122 Å². The van der Waals surface area contributed by atoms with E-state index in [1.807, 2.05) is 0 Å². The summed E-state index contributed by atoms with van der Waals surface area (Å²) in [6.45, 7) is 6.44. The van der Waals surface area contributed by atoms with Crippen molar-refractivity contribution in [3.8, 4) is 0 Å². The summed E-state index contributed by atoms with van der Waals surface area (Å²) in [4.78, 5) is 38.2. The molecule has 0 heterocycles. The SMILES string of the molecule is CC/C=C\C/C=C\C/C=C\C/C=C\C/C=C\C/C=C\C/C=C\CCCC(=O)OCC(COC(=O)CCCCCCC/C=C\C/C=C\CCCCC)OC(=O)CCCCCCCCC/C=C\CCCCCCCCC. The second-order valence-electron chi connectivity index (χ2n) is 19.9. The van der Waals surface area contributed by atoms with Crippen LogP contribution in [0.1, 0.15) is 271 Å². The third kappa shape index (κ3) is 58.7. The number of carbonyl (C=O) groups is 3. The Balaban J connectivity index is 4.51. The van der Waals surface area contributed by atoms with Crippen molar-refractivity contribution >= 4 is 17.9 Å². The molecule has 1 unspecified atom stereocenters. The predicted octanol–water partition coefficient (Wildman–Crippen LogP) is 20.8. The van der Waals surface area contributed by atoms with Crippen molar-refractivity contribution in [1.82, 2.24) is 0 Å². The van der Waals surface area contributed by atoms with Gasteiger partial charge in [-0.05, 0) is 128 Å². The van der Waals surface area contributed by atoms with E-state index in [1.54, 1.807) is 0 Å². The second kappa shape index (κ2) is 61.4. The zero-order valence-corrected chi connectivity index (χ0v) is 48.1. The summed E-state index contributed by atoms with van der Waals surface area (Å²) in [5.41, 5.74) is 0. The number of unbranched alkanes of at least 4 members (excludes halogenated alkanes) is 23. The van der Waals surface area contributed by atoms with Crippen molar-refractivity contribution in [2.45, 2.75) is 277 Å². The van der Waals surface area contributed by atoms with Gasteiger partial charge in [0.25, 0.3) is 0 Å². The normalized spacial score (nSPS) is 13.0. The van der Waals surface area contributed by atoms with E-state index in [1.165, 1.54) is 109 Å². The molecule has 0 aromatic heterocycles.